The number of amides is 1. The van der Waals surface area contributed by atoms with E-state index in [1.807, 2.05) is 0 Å². The molecule has 1 aromatic carbocycles. The molecule has 3 N–H and O–H groups in total. The van der Waals surface area contributed by atoms with Gasteiger partial charge in [0.15, 0.2) is 0 Å². The van der Waals surface area contributed by atoms with Gasteiger partial charge in [0.2, 0.25) is 5.91 Å². The lowest BCUT2D eigenvalue weighted by molar-refractivity contribution is -0.125. The maximum Gasteiger partial charge on any atom is 0.319 e. The number of halogens is 4. The van der Waals surface area contributed by atoms with Crippen molar-refractivity contribution in [2.24, 2.45) is 5.73 Å². The van der Waals surface area contributed by atoms with Crippen molar-refractivity contribution >= 4 is 5.91 Å². The molecule has 0 aliphatic rings. The van der Waals surface area contributed by atoms with Gasteiger partial charge in [0.25, 0.3) is 0 Å². The smallest absolute Gasteiger partial charge is 0.319 e. The number of primary amides is 1. The summed E-state index contributed by atoms with van der Waals surface area (Å²) in [4.78, 5) is 10.9. The molecule has 0 aromatic heterocycles. The van der Waals surface area contributed by atoms with E-state index in [0.717, 1.165) is 0 Å². The minimum atomic E-state index is -4.05. The number of hydrogen-bond donors (Lipinski definition) is 2. The summed E-state index contributed by atoms with van der Waals surface area (Å²) < 4.78 is 49.1. The molecule has 0 aliphatic carbocycles. The van der Waals surface area contributed by atoms with Crippen LogP contribution < -0.4 is 11.1 Å². The third kappa shape index (κ3) is 4.20. The lowest BCUT2D eigenvalue weighted by Gasteiger charge is -2.16. The van der Waals surface area contributed by atoms with Crippen molar-refractivity contribution in [2.75, 3.05) is 6.54 Å². The van der Waals surface area contributed by atoms with Gasteiger partial charge in [-0.3, -0.25) is 4.79 Å². The Hall–Kier alpha value is -1.63. The molecular weight excluding hydrogens is 264 g/mol. The molecule has 0 heterocycles. The molecule has 0 radical (unpaired) electrons. The first-order chi connectivity index (χ1) is 8.74. The van der Waals surface area contributed by atoms with Crippen LogP contribution in [-0.4, -0.2) is 24.8 Å². The van der Waals surface area contributed by atoms with E-state index < -0.39 is 24.8 Å². The molecule has 0 atom stereocenters. The van der Waals surface area contributed by atoms with E-state index in [1.165, 1.54) is 12.1 Å². The van der Waals surface area contributed by atoms with Gasteiger partial charge in [-0.05, 0) is 30.2 Å². The Balaban J connectivity index is 2.62. The van der Waals surface area contributed by atoms with Crippen molar-refractivity contribution in [3.63, 3.8) is 0 Å². The number of carbonyl (C=O) groups excluding carboxylic acids is 1. The summed E-state index contributed by atoms with van der Waals surface area (Å²) in [6, 6.07) is 4.52. The zero-order chi connectivity index (χ0) is 14.6. The Kier molecular flexibility index (Phi) is 4.88. The Morgan fingerprint density at radius 1 is 1.42 bits per heavy atom. The molecule has 3 nitrogen and oxygen atoms in total. The third-order valence-electron chi connectivity index (χ3n) is 2.62. The first-order valence-corrected chi connectivity index (χ1v) is 5.50. The van der Waals surface area contributed by atoms with Gasteiger partial charge in [-0.25, -0.2) is 8.78 Å². The van der Waals surface area contributed by atoms with E-state index in [1.54, 1.807) is 13.0 Å². The molecular formula is C12H14F4N2O. The van der Waals surface area contributed by atoms with Gasteiger partial charge in [-0.15, -0.1) is 0 Å². The largest absolute Gasteiger partial charge is 0.366 e. The number of aryl methyl sites for hydroxylation is 1. The monoisotopic (exact) mass is 278 g/mol. The first kappa shape index (κ1) is 15.4. The van der Waals surface area contributed by atoms with Gasteiger partial charge in [-0.2, -0.15) is 8.78 Å². The maximum atomic E-state index is 12.6. The average Bonchev–Trinajstić information content (AvgIpc) is 2.30. The zero-order valence-corrected chi connectivity index (χ0v) is 10.2. The van der Waals surface area contributed by atoms with Crippen LogP contribution in [0.4, 0.5) is 17.6 Å². The summed E-state index contributed by atoms with van der Waals surface area (Å²) in [6.07, 6.45) is -3.70. The zero-order valence-electron chi connectivity index (χ0n) is 10.2. The summed E-state index contributed by atoms with van der Waals surface area (Å²) in [7, 11) is 0. The Morgan fingerprint density at radius 2 is 2.05 bits per heavy atom. The standard InChI is InChI=1S/C12H14F4N2O/c1-7-4-8(10(17)19)2-3-9(7)5-18-6-12(15,16)11(13)14/h2-4,11,18H,5-6H2,1H3,(H2,17,19). The topological polar surface area (TPSA) is 55.1 Å². The number of hydrogen-bond acceptors (Lipinski definition) is 2. The predicted octanol–water partition coefficient (Wildman–Crippen LogP) is 2.08. The SMILES string of the molecule is Cc1cc(C(N)=O)ccc1CNCC(F)(F)C(F)F. The normalized spacial score (nSPS) is 11.9. The molecule has 19 heavy (non-hydrogen) atoms. The predicted molar refractivity (Wildman–Crippen MR) is 62.4 cm³/mol. The Morgan fingerprint density at radius 3 is 2.53 bits per heavy atom. The molecule has 7 heteroatoms. The quantitative estimate of drug-likeness (QED) is 0.783. The van der Waals surface area contributed by atoms with Crippen LogP contribution in [0.1, 0.15) is 21.5 Å². The number of alkyl halides is 4. The fourth-order valence-electron chi connectivity index (χ4n) is 1.49. The highest BCUT2D eigenvalue weighted by Gasteiger charge is 2.39. The number of benzene rings is 1. The molecule has 1 amide bonds. The minimum Gasteiger partial charge on any atom is -0.366 e. The summed E-state index contributed by atoms with van der Waals surface area (Å²) in [6.45, 7) is 0.573. The molecule has 0 bridgehead atoms. The highest BCUT2D eigenvalue weighted by molar-refractivity contribution is 5.93. The molecule has 0 unspecified atom stereocenters. The second-order valence-corrected chi connectivity index (χ2v) is 4.17. The lowest BCUT2D eigenvalue weighted by Crippen LogP contribution is -2.38. The van der Waals surface area contributed by atoms with Gasteiger partial charge in [-0.1, -0.05) is 6.07 Å². The van der Waals surface area contributed by atoms with Crippen LogP contribution in [0.3, 0.4) is 0 Å². The van der Waals surface area contributed by atoms with E-state index in [4.69, 9.17) is 5.73 Å². The van der Waals surface area contributed by atoms with Crippen LogP contribution in [0.25, 0.3) is 0 Å². The second kappa shape index (κ2) is 6.01. The van der Waals surface area contributed by atoms with E-state index in [0.29, 0.717) is 16.7 Å². The van der Waals surface area contributed by atoms with Crippen LogP contribution in [0, 0.1) is 6.92 Å². The molecule has 0 spiro atoms. The molecule has 0 saturated heterocycles. The third-order valence-corrected chi connectivity index (χ3v) is 2.62. The average molecular weight is 278 g/mol. The van der Waals surface area contributed by atoms with Crippen molar-refractivity contribution in [2.45, 2.75) is 25.8 Å². The second-order valence-electron chi connectivity index (χ2n) is 4.17. The van der Waals surface area contributed by atoms with E-state index in [9.17, 15) is 22.4 Å². The van der Waals surface area contributed by atoms with Crippen molar-refractivity contribution in [1.82, 2.24) is 5.32 Å². The molecule has 0 fully saturated rings. The number of nitrogens with one attached hydrogen (secondary N) is 1. The van der Waals surface area contributed by atoms with Crippen molar-refractivity contribution in [3.8, 4) is 0 Å². The lowest BCUT2D eigenvalue weighted by atomic mass is 10.0. The van der Waals surface area contributed by atoms with Gasteiger partial charge in [0.05, 0.1) is 6.54 Å². The summed E-state index contributed by atoms with van der Waals surface area (Å²) in [5, 5.41) is 2.27. The Bertz CT molecular complexity index is 463. The molecule has 0 saturated carbocycles. The first-order valence-electron chi connectivity index (χ1n) is 5.50. The highest BCUT2D eigenvalue weighted by Crippen LogP contribution is 2.21. The number of nitrogens with two attached hydrogens (primary N) is 1. The van der Waals surface area contributed by atoms with Crippen molar-refractivity contribution in [1.29, 1.82) is 0 Å². The summed E-state index contributed by atoms with van der Waals surface area (Å²) >= 11 is 0. The summed E-state index contributed by atoms with van der Waals surface area (Å²) in [5.41, 5.74) is 6.70. The van der Waals surface area contributed by atoms with E-state index in [2.05, 4.69) is 5.32 Å². The van der Waals surface area contributed by atoms with Crippen LogP contribution >= 0.6 is 0 Å². The van der Waals surface area contributed by atoms with Gasteiger partial charge in [0, 0.05) is 12.1 Å². The molecule has 1 rings (SSSR count). The van der Waals surface area contributed by atoms with Crippen molar-refractivity contribution in [3.05, 3.63) is 34.9 Å². The molecule has 1 aromatic rings. The van der Waals surface area contributed by atoms with Crippen molar-refractivity contribution < 1.29 is 22.4 Å². The Labute approximate surface area is 107 Å². The fourth-order valence-corrected chi connectivity index (χ4v) is 1.49. The maximum absolute atomic E-state index is 12.6. The highest BCUT2D eigenvalue weighted by atomic mass is 19.3. The van der Waals surface area contributed by atoms with E-state index >= 15 is 0 Å². The fraction of sp³-hybridized carbons (Fsp3) is 0.417. The van der Waals surface area contributed by atoms with Crippen LogP contribution in [0.15, 0.2) is 18.2 Å². The molecule has 106 valence electrons. The summed E-state index contributed by atoms with van der Waals surface area (Å²) in [5.74, 6) is -4.65. The van der Waals surface area contributed by atoms with Gasteiger partial charge < -0.3 is 11.1 Å². The minimum absolute atomic E-state index is 0.00713. The van der Waals surface area contributed by atoms with Crippen LogP contribution in [0.5, 0.6) is 0 Å². The van der Waals surface area contributed by atoms with Gasteiger partial charge in [0.1, 0.15) is 0 Å². The van der Waals surface area contributed by atoms with E-state index in [-0.39, 0.29) is 6.54 Å². The van der Waals surface area contributed by atoms with Gasteiger partial charge >= 0.3 is 12.3 Å². The number of carbonyl (C=O) groups is 1. The van der Waals surface area contributed by atoms with Crippen LogP contribution in [-0.2, 0) is 6.54 Å². The number of rotatable bonds is 6. The molecule has 0 aliphatic heterocycles. The van der Waals surface area contributed by atoms with Crippen LogP contribution in [0.2, 0.25) is 0 Å².